The van der Waals surface area contributed by atoms with Gasteiger partial charge in [0, 0.05) is 22.1 Å². The average molecular weight is 385 g/mol. The van der Waals surface area contributed by atoms with Crippen LogP contribution in [-0.4, -0.2) is 10.7 Å². The number of nitrogens with zero attached hydrogens (tertiary/aromatic N) is 2. The van der Waals surface area contributed by atoms with Crippen LogP contribution in [0.4, 0.5) is 5.69 Å². The van der Waals surface area contributed by atoms with E-state index in [0.29, 0.717) is 15.7 Å². The molecule has 0 atom stereocenters. The highest BCUT2D eigenvalue weighted by Crippen LogP contribution is 2.33. The molecule has 0 aliphatic heterocycles. The molecule has 0 amide bonds. The Balaban J connectivity index is 1.97. The molecule has 0 saturated carbocycles. The number of pyridine rings is 1. The van der Waals surface area contributed by atoms with Gasteiger partial charge in [-0.25, -0.2) is 0 Å². The fourth-order valence-corrected chi connectivity index (χ4v) is 4.00. The van der Waals surface area contributed by atoms with Gasteiger partial charge in [0.2, 0.25) is 0 Å². The number of thiophene rings is 1. The largest absolute Gasteiger partial charge is 0.275 e. The molecule has 2 heterocycles. The third-order valence-corrected chi connectivity index (χ3v) is 5.61. The second-order valence-corrected chi connectivity index (χ2v) is 7.29. The summed E-state index contributed by atoms with van der Waals surface area (Å²) in [5.74, 6) is 0. The number of fused-ring (bicyclic) bond motifs is 1. The van der Waals surface area contributed by atoms with Crippen molar-refractivity contribution in [3.63, 3.8) is 0 Å². The molecule has 0 aliphatic carbocycles. The Hall–Kier alpha value is -1.33. The number of aryl methyl sites for hydroxylation is 1. The molecule has 1 aromatic carbocycles. The normalized spacial score (nSPS) is 12.0. The van der Waals surface area contributed by atoms with Crippen molar-refractivity contribution in [3.8, 4) is 0 Å². The van der Waals surface area contributed by atoms with Gasteiger partial charge in [-0.05, 0) is 43.0 Å². The number of benzene rings is 1. The van der Waals surface area contributed by atoms with Crippen LogP contribution in [0.3, 0.4) is 0 Å². The van der Waals surface area contributed by atoms with Crippen LogP contribution in [0.5, 0.6) is 0 Å². The van der Waals surface area contributed by atoms with Crippen molar-refractivity contribution in [1.82, 2.24) is 4.98 Å². The zero-order valence-corrected chi connectivity index (χ0v) is 15.4. The molecular weight excluding hydrogens is 373 g/mol. The van der Waals surface area contributed by atoms with Crippen LogP contribution in [0.25, 0.3) is 10.1 Å². The Morgan fingerprint density at radius 2 is 1.87 bits per heavy atom. The van der Waals surface area contributed by atoms with E-state index in [9.17, 15) is 0 Å². The maximum absolute atomic E-state index is 6.08. The molecule has 2 aromatic heterocycles. The number of hydrogen-bond acceptors (Lipinski definition) is 4. The molecule has 3 nitrogen and oxygen atoms in total. The summed E-state index contributed by atoms with van der Waals surface area (Å²) < 4.78 is 1.18. The number of hydrogen-bond donors (Lipinski definition) is 1. The molecule has 0 spiro atoms. The lowest BCUT2D eigenvalue weighted by atomic mass is 10.1. The van der Waals surface area contributed by atoms with Crippen molar-refractivity contribution < 1.29 is 0 Å². The minimum atomic E-state index is 0.425. The number of nitrogens with one attached hydrogen (secondary N) is 1. The molecule has 3 rings (SSSR count). The van der Waals surface area contributed by atoms with E-state index < -0.39 is 0 Å². The summed E-state index contributed by atoms with van der Waals surface area (Å²) in [4.78, 5) is 5.01. The van der Waals surface area contributed by atoms with Gasteiger partial charge in [-0.1, -0.05) is 34.8 Å². The van der Waals surface area contributed by atoms with Crippen molar-refractivity contribution >= 4 is 67.6 Å². The third kappa shape index (κ3) is 3.31. The van der Waals surface area contributed by atoms with Crippen LogP contribution < -0.4 is 5.43 Å². The van der Waals surface area contributed by atoms with Gasteiger partial charge in [-0.3, -0.25) is 10.4 Å². The maximum Gasteiger partial charge on any atom is 0.0965 e. The Morgan fingerprint density at radius 1 is 1.17 bits per heavy atom. The molecule has 0 fully saturated rings. The zero-order valence-electron chi connectivity index (χ0n) is 12.3. The average Bonchev–Trinajstić information content (AvgIpc) is 2.83. The van der Waals surface area contributed by atoms with Crippen molar-refractivity contribution in [2.75, 3.05) is 5.43 Å². The van der Waals surface area contributed by atoms with Gasteiger partial charge in [0.05, 0.1) is 26.3 Å². The van der Waals surface area contributed by atoms with Crippen molar-refractivity contribution in [2.24, 2.45) is 5.10 Å². The molecule has 0 aliphatic rings. The highest BCUT2D eigenvalue weighted by Gasteiger charge is 2.12. The predicted molar refractivity (Wildman–Crippen MR) is 102 cm³/mol. The first-order chi connectivity index (χ1) is 11.0. The third-order valence-electron chi connectivity index (χ3n) is 3.42. The van der Waals surface area contributed by atoms with E-state index in [-0.39, 0.29) is 0 Å². The zero-order chi connectivity index (χ0) is 16.6. The Kier molecular flexibility index (Phi) is 4.78. The van der Waals surface area contributed by atoms with Gasteiger partial charge in [-0.2, -0.15) is 5.10 Å². The summed E-state index contributed by atoms with van der Waals surface area (Å²) in [6.07, 6.45) is 3.04. The molecule has 7 heteroatoms. The number of anilines is 1. The van der Waals surface area contributed by atoms with Crippen LogP contribution in [0.2, 0.25) is 15.1 Å². The molecule has 23 heavy (non-hydrogen) atoms. The van der Waals surface area contributed by atoms with Gasteiger partial charge in [0.25, 0.3) is 0 Å². The fraction of sp³-hybridized carbons (Fsp3) is 0.125. The van der Waals surface area contributed by atoms with Crippen LogP contribution in [0, 0.1) is 6.92 Å². The first kappa shape index (κ1) is 16.5. The lowest BCUT2D eigenvalue weighted by Gasteiger charge is -2.06. The second-order valence-electron chi connectivity index (χ2n) is 4.98. The maximum atomic E-state index is 6.08. The van der Waals surface area contributed by atoms with Gasteiger partial charge in [0.1, 0.15) is 0 Å². The van der Waals surface area contributed by atoms with E-state index in [4.69, 9.17) is 34.8 Å². The summed E-state index contributed by atoms with van der Waals surface area (Å²) in [5.41, 5.74) is 5.48. The second kappa shape index (κ2) is 6.65. The predicted octanol–water partition coefficient (Wildman–Crippen LogP) is 6.40. The van der Waals surface area contributed by atoms with E-state index >= 15 is 0 Å². The summed E-state index contributed by atoms with van der Waals surface area (Å²) in [5, 5.41) is 7.14. The van der Waals surface area contributed by atoms with Gasteiger partial charge < -0.3 is 0 Å². The van der Waals surface area contributed by atoms with Crippen LogP contribution in [-0.2, 0) is 0 Å². The van der Waals surface area contributed by atoms with E-state index in [2.05, 4.69) is 22.4 Å². The summed E-state index contributed by atoms with van der Waals surface area (Å²) in [6.45, 7) is 4.01. The number of aromatic nitrogens is 1. The lowest BCUT2D eigenvalue weighted by Crippen LogP contribution is -2.00. The van der Waals surface area contributed by atoms with E-state index in [1.54, 1.807) is 11.3 Å². The van der Waals surface area contributed by atoms with Crippen LogP contribution in [0.15, 0.2) is 35.7 Å². The smallest absolute Gasteiger partial charge is 0.0965 e. The quantitative estimate of drug-likeness (QED) is 0.419. The summed E-state index contributed by atoms with van der Waals surface area (Å²) >= 11 is 19.9. The monoisotopic (exact) mass is 383 g/mol. The molecule has 0 unspecified atom stereocenters. The standard InChI is InChI=1S/C16H12Cl3N3S/c1-8-11-5-10(17)3-4-14(11)23-16(8)9(2)21-22-15-12(18)6-20-7-13(15)19/h3-7H,1-2H3,(H,20,22). The highest BCUT2D eigenvalue weighted by molar-refractivity contribution is 7.21. The van der Waals surface area contributed by atoms with Gasteiger partial charge >= 0.3 is 0 Å². The first-order valence-electron chi connectivity index (χ1n) is 6.75. The number of halogens is 3. The van der Waals surface area contributed by atoms with Crippen LogP contribution in [0.1, 0.15) is 17.4 Å². The molecular formula is C16H12Cl3N3S. The first-order valence-corrected chi connectivity index (χ1v) is 8.70. The SMILES string of the molecule is CC(=NNc1c(Cl)cncc1Cl)c1sc2ccc(Cl)cc2c1C. The van der Waals surface area contributed by atoms with Gasteiger partial charge in [-0.15, -0.1) is 11.3 Å². The van der Waals surface area contributed by atoms with E-state index in [1.807, 2.05) is 25.1 Å². The fourth-order valence-electron chi connectivity index (χ4n) is 2.25. The Morgan fingerprint density at radius 3 is 2.57 bits per heavy atom. The molecule has 0 radical (unpaired) electrons. The minimum Gasteiger partial charge on any atom is -0.275 e. The van der Waals surface area contributed by atoms with Gasteiger partial charge in [0.15, 0.2) is 0 Å². The van der Waals surface area contributed by atoms with Crippen molar-refractivity contribution in [3.05, 3.63) is 56.1 Å². The Bertz CT molecular complexity index is 898. The lowest BCUT2D eigenvalue weighted by molar-refractivity contribution is 1.27. The van der Waals surface area contributed by atoms with Crippen molar-refractivity contribution in [2.45, 2.75) is 13.8 Å². The summed E-state index contributed by atoms with van der Waals surface area (Å²) in [7, 11) is 0. The Labute approximate surface area is 152 Å². The summed E-state index contributed by atoms with van der Waals surface area (Å²) in [6, 6.07) is 5.89. The highest BCUT2D eigenvalue weighted by atomic mass is 35.5. The van der Waals surface area contributed by atoms with Crippen LogP contribution >= 0.6 is 46.1 Å². The topological polar surface area (TPSA) is 37.3 Å². The molecule has 118 valence electrons. The molecule has 3 aromatic rings. The minimum absolute atomic E-state index is 0.425. The molecule has 1 N–H and O–H groups in total. The van der Waals surface area contributed by atoms with E-state index in [1.165, 1.54) is 17.1 Å². The van der Waals surface area contributed by atoms with Crippen molar-refractivity contribution in [1.29, 1.82) is 0 Å². The van der Waals surface area contributed by atoms with E-state index in [0.717, 1.165) is 26.6 Å². The molecule has 0 saturated heterocycles. The number of rotatable bonds is 3. The molecule has 0 bridgehead atoms. The number of hydrazone groups is 1.